The van der Waals surface area contributed by atoms with E-state index >= 15 is 4.39 Å². The Morgan fingerprint density at radius 3 is 2.74 bits per heavy atom. The van der Waals surface area contributed by atoms with E-state index in [4.69, 9.17) is 9.47 Å². The van der Waals surface area contributed by atoms with Gasteiger partial charge in [0, 0.05) is 43.9 Å². The maximum absolute atomic E-state index is 15.0. The van der Waals surface area contributed by atoms with Gasteiger partial charge in [-0.3, -0.25) is 9.29 Å². The summed E-state index contributed by atoms with van der Waals surface area (Å²) in [6, 6.07) is 17.5. The average molecular weight is 519 g/mol. The van der Waals surface area contributed by atoms with E-state index in [9.17, 15) is 9.50 Å². The number of fused-ring (bicyclic) bond motifs is 2. The number of anilines is 1. The first kappa shape index (κ1) is 24.7. The highest BCUT2D eigenvalue weighted by atomic mass is 19.1. The Morgan fingerprint density at radius 1 is 1.05 bits per heavy atom. The molecule has 3 aliphatic rings. The van der Waals surface area contributed by atoms with E-state index in [-0.39, 0.29) is 18.5 Å². The van der Waals surface area contributed by atoms with Crippen LogP contribution in [-0.4, -0.2) is 55.6 Å². The minimum Gasteiger partial charge on any atom is -0.505 e. The number of hydrogen-bond donors (Lipinski definition) is 2. The van der Waals surface area contributed by atoms with E-state index in [0.717, 1.165) is 72.7 Å². The third-order valence-corrected chi connectivity index (χ3v) is 7.69. The summed E-state index contributed by atoms with van der Waals surface area (Å²) in [5.74, 6) is -0.301. The van der Waals surface area contributed by atoms with E-state index in [0.29, 0.717) is 25.0 Å². The lowest BCUT2D eigenvalue weighted by Crippen LogP contribution is -2.26. The molecule has 198 valence electrons. The molecule has 0 spiro atoms. The van der Waals surface area contributed by atoms with Gasteiger partial charge >= 0.3 is 0 Å². The molecular weight excluding hydrogens is 486 g/mol. The first-order valence-electron chi connectivity index (χ1n) is 13.4. The zero-order valence-electron chi connectivity index (χ0n) is 21.3. The molecule has 3 heterocycles. The molecule has 3 aromatic rings. The molecule has 0 saturated carbocycles. The number of hydrogen-bond acceptors (Lipinski definition) is 5. The second kappa shape index (κ2) is 10.7. The summed E-state index contributed by atoms with van der Waals surface area (Å²) < 4.78 is 39.7. The SMILES string of the molecule is Oc1ccc2c(c1F)OCCC(c1ccc3c(c1)CCN3)=C2c1ccc(O[C@H]2CCN(CCCF)C2)cc1. The summed E-state index contributed by atoms with van der Waals surface area (Å²) in [7, 11) is 0. The standard InChI is InChI=1S/C31H32F2N2O3/c32-13-1-15-35-16-11-24(19-35)38-23-5-2-20(3-6-23)29-25(21-4-8-27-22(18-21)10-14-34-27)12-17-37-31-26(29)7-9-28(36)30(31)33/h2-9,18,24,34,36H,1,10-17,19H2/t24-/m0/s1. The van der Waals surface area contributed by atoms with Crippen LogP contribution in [0, 0.1) is 5.82 Å². The molecule has 0 aromatic heterocycles. The van der Waals surface area contributed by atoms with Crippen molar-refractivity contribution in [1.29, 1.82) is 0 Å². The highest BCUT2D eigenvalue weighted by Crippen LogP contribution is 2.44. The van der Waals surface area contributed by atoms with Crippen molar-refractivity contribution in [2.45, 2.75) is 31.8 Å². The molecular formula is C31H32F2N2O3. The van der Waals surface area contributed by atoms with Crippen LogP contribution in [0.5, 0.6) is 17.2 Å². The molecule has 7 heteroatoms. The number of rotatable bonds is 7. The number of ether oxygens (including phenoxy) is 2. The molecule has 2 N–H and O–H groups in total. The van der Waals surface area contributed by atoms with Crippen molar-refractivity contribution >= 4 is 16.8 Å². The summed E-state index contributed by atoms with van der Waals surface area (Å²) in [6.07, 6.45) is 3.14. The lowest BCUT2D eigenvalue weighted by atomic mass is 9.87. The number of aromatic hydroxyl groups is 1. The minimum absolute atomic E-state index is 0.0810. The molecule has 5 nitrogen and oxygen atoms in total. The highest BCUT2D eigenvalue weighted by Gasteiger charge is 2.27. The number of alkyl halides is 1. The van der Waals surface area contributed by atoms with E-state index in [2.05, 4.69) is 28.4 Å². The Labute approximate surface area is 221 Å². The van der Waals surface area contributed by atoms with Crippen LogP contribution in [0.15, 0.2) is 54.6 Å². The number of halogens is 2. The number of nitrogens with zero attached hydrogens (tertiary/aromatic N) is 1. The normalized spacial score (nSPS) is 18.9. The molecule has 1 saturated heterocycles. The van der Waals surface area contributed by atoms with Crippen LogP contribution < -0.4 is 14.8 Å². The Morgan fingerprint density at radius 2 is 1.89 bits per heavy atom. The topological polar surface area (TPSA) is 54.0 Å². The van der Waals surface area contributed by atoms with Crippen molar-refractivity contribution in [2.75, 3.05) is 44.8 Å². The fraction of sp³-hybridized carbons (Fsp3) is 0.355. The van der Waals surface area contributed by atoms with Gasteiger partial charge in [0.1, 0.15) is 11.9 Å². The largest absolute Gasteiger partial charge is 0.505 e. The second-order valence-electron chi connectivity index (χ2n) is 10.2. The lowest BCUT2D eigenvalue weighted by molar-refractivity contribution is 0.198. The second-order valence-corrected chi connectivity index (χ2v) is 10.2. The molecule has 1 atom stereocenters. The van der Waals surface area contributed by atoms with Gasteiger partial charge in [-0.2, -0.15) is 4.39 Å². The molecule has 0 amide bonds. The molecule has 0 radical (unpaired) electrons. The fourth-order valence-electron chi connectivity index (χ4n) is 5.81. The highest BCUT2D eigenvalue weighted by molar-refractivity contribution is 6.01. The number of nitrogens with one attached hydrogen (secondary N) is 1. The summed E-state index contributed by atoms with van der Waals surface area (Å²) >= 11 is 0. The van der Waals surface area contributed by atoms with Crippen molar-refractivity contribution in [1.82, 2.24) is 4.90 Å². The fourth-order valence-corrected chi connectivity index (χ4v) is 5.81. The molecule has 3 aliphatic heterocycles. The Balaban J connectivity index is 1.36. The molecule has 3 aromatic carbocycles. The molecule has 38 heavy (non-hydrogen) atoms. The van der Waals surface area contributed by atoms with Crippen LogP contribution in [0.2, 0.25) is 0 Å². The Bertz CT molecular complexity index is 1360. The van der Waals surface area contributed by atoms with Crippen molar-refractivity contribution in [2.24, 2.45) is 0 Å². The molecule has 0 bridgehead atoms. The number of phenols is 1. The predicted molar refractivity (Wildman–Crippen MR) is 145 cm³/mol. The monoisotopic (exact) mass is 518 g/mol. The summed E-state index contributed by atoms with van der Waals surface area (Å²) in [4.78, 5) is 2.24. The smallest absolute Gasteiger partial charge is 0.207 e. The number of likely N-dealkylation sites (tertiary alicyclic amines) is 1. The van der Waals surface area contributed by atoms with E-state index in [1.54, 1.807) is 6.07 Å². The van der Waals surface area contributed by atoms with Crippen molar-refractivity contribution in [3.63, 3.8) is 0 Å². The van der Waals surface area contributed by atoms with Crippen molar-refractivity contribution in [3.8, 4) is 17.2 Å². The van der Waals surface area contributed by atoms with E-state index in [1.165, 1.54) is 11.6 Å². The number of phenolic OH excluding ortho intramolecular Hbond substituents is 1. The summed E-state index contributed by atoms with van der Waals surface area (Å²) in [6.45, 7) is 3.43. The molecule has 6 rings (SSSR count). The third-order valence-electron chi connectivity index (χ3n) is 7.69. The first-order valence-corrected chi connectivity index (χ1v) is 13.4. The van der Waals surface area contributed by atoms with Gasteiger partial charge in [0.05, 0.1) is 13.3 Å². The van der Waals surface area contributed by atoms with E-state index in [1.807, 2.05) is 24.3 Å². The molecule has 0 unspecified atom stereocenters. The predicted octanol–water partition coefficient (Wildman–Crippen LogP) is 6.05. The summed E-state index contributed by atoms with van der Waals surface area (Å²) in [5.41, 5.74) is 7.06. The van der Waals surface area contributed by atoms with Crippen LogP contribution in [0.1, 0.15) is 41.5 Å². The Hall–Kier alpha value is -3.58. The van der Waals surface area contributed by atoms with Crippen molar-refractivity contribution in [3.05, 3.63) is 82.7 Å². The average Bonchev–Trinajstić information content (AvgIpc) is 3.55. The van der Waals surface area contributed by atoms with Crippen LogP contribution in [-0.2, 0) is 6.42 Å². The van der Waals surface area contributed by atoms with Gasteiger partial charge in [0.25, 0.3) is 0 Å². The third kappa shape index (κ3) is 4.83. The molecule has 1 fully saturated rings. The zero-order chi connectivity index (χ0) is 26.1. The number of benzene rings is 3. The zero-order valence-corrected chi connectivity index (χ0v) is 21.3. The molecule has 0 aliphatic carbocycles. The van der Waals surface area contributed by atoms with Crippen LogP contribution in [0.3, 0.4) is 0 Å². The summed E-state index contributed by atoms with van der Waals surface area (Å²) in [5, 5.41) is 13.4. The van der Waals surface area contributed by atoms with Crippen LogP contribution in [0.4, 0.5) is 14.5 Å². The van der Waals surface area contributed by atoms with Crippen LogP contribution >= 0.6 is 0 Å². The van der Waals surface area contributed by atoms with Crippen LogP contribution in [0.25, 0.3) is 11.1 Å². The van der Waals surface area contributed by atoms with Gasteiger partial charge in [-0.15, -0.1) is 0 Å². The van der Waals surface area contributed by atoms with Crippen molar-refractivity contribution < 1.29 is 23.4 Å². The maximum atomic E-state index is 15.0. The van der Waals surface area contributed by atoms with Gasteiger partial charge in [0.15, 0.2) is 11.5 Å². The Kier molecular flexibility index (Phi) is 6.94. The van der Waals surface area contributed by atoms with Gasteiger partial charge in [0.2, 0.25) is 5.82 Å². The lowest BCUT2D eigenvalue weighted by Gasteiger charge is -2.18. The quantitative estimate of drug-likeness (QED) is 0.399. The first-order chi connectivity index (χ1) is 18.6. The van der Waals surface area contributed by atoms with Gasteiger partial charge in [-0.05, 0) is 83.5 Å². The van der Waals surface area contributed by atoms with Gasteiger partial charge in [-0.1, -0.05) is 18.2 Å². The van der Waals surface area contributed by atoms with E-state index < -0.39 is 11.6 Å². The van der Waals surface area contributed by atoms with Gasteiger partial charge < -0.3 is 19.9 Å². The van der Waals surface area contributed by atoms with Gasteiger partial charge in [-0.25, -0.2) is 0 Å². The maximum Gasteiger partial charge on any atom is 0.207 e. The minimum atomic E-state index is -0.738.